The van der Waals surface area contributed by atoms with Crippen molar-refractivity contribution in [1.29, 1.82) is 0 Å². The van der Waals surface area contributed by atoms with E-state index in [0.29, 0.717) is 19.1 Å². The van der Waals surface area contributed by atoms with Gasteiger partial charge in [0.1, 0.15) is 10.6 Å². The van der Waals surface area contributed by atoms with Gasteiger partial charge < -0.3 is 10.1 Å². The highest BCUT2D eigenvalue weighted by atomic mass is 32.1. The lowest BCUT2D eigenvalue weighted by atomic mass is 10.1. The molecule has 1 N–H and O–H groups in total. The minimum absolute atomic E-state index is 0.0185. The maximum Gasteiger partial charge on any atom is 0.263 e. The number of thiazole rings is 1. The van der Waals surface area contributed by atoms with E-state index in [4.69, 9.17) is 4.74 Å². The number of ether oxygens (including phenoxy) is 1. The highest BCUT2D eigenvalue weighted by molar-refractivity contribution is 7.13. The molecule has 0 radical (unpaired) electrons. The quantitative estimate of drug-likeness (QED) is 0.724. The molecule has 130 valence electrons. The van der Waals surface area contributed by atoms with Crippen LogP contribution in [-0.4, -0.2) is 24.0 Å². The number of nitrogens with zero attached hydrogens (tertiary/aromatic N) is 1. The molecule has 0 fully saturated rings. The van der Waals surface area contributed by atoms with E-state index in [-0.39, 0.29) is 5.91 Å². The fourth-order valence-electron chi connectivity index (χ4n) is 2.44. The Balaban J connectivity index is 1.85. The number of para-hydroxylation sites is 1. The van der Waals surface area contributed by atoms with Crippen molar-refractivity contribution in [3.05, 3.63) is 45.4 Å². The van der Waals surface area contributed by atoms with E-state index in [1.807, 2.05) is 32.0 Å². The predicted molar refractivity (Wildman–Crippen MR) is 99.2 cm³/mol. The fourth-order valence-corrected chi connectivity index (χ4v) is 3.43. The van der Waals surface area contributed by atoms with Gasteiger partial charge in [-0.05, 0) is 38.3 Å². The molecule has 2 aromatic rings. The second-order valence-corrected chi connectivity index (χ2v) is 7.05. The van der Waals surface area contributed by atoms with Crippen molar-refractivity contribution in [1.82, 2.24) is 10.3 Å². The van der Waals surface area contributed by atoms with Gasteiger partial charge in [0.05, 0.1) is 17.3 Å². The molecule has 0 atom stereocenters. The van der Waals surface area contributed by atoms with Crippen molar-refractivity contribution in [2.45, 2.75) is 46.5 Å². The van der Waals surface area contributed by atoms with Crippen molar-refractivity contribution < 1.29 is 9.53 Å². The molecule has 1 aromatic carbocycles. The molecule has 1 amide bonds. The molecule has 0 aliphatic rings. The number of carbonyl (C=O) groups excluding carboxylic acids is 1. The van der Waals surface area contributed by atoms with Gasteiger partial charge in [-0.15, -0.1) is 11.3 Å². The van der Waals surface area contributed by atoms with Crippen molar-refractivity contribution in [3.63, 3.8) is 0 Å². The van der Waals surface area contributed by atoms with Gasteiger partial charge in [0.15, 0.2) is 0 Å². The summed E-state index contributed by atoms with van der Waals surface area (Å²) in [5, 5.41) is 4.02. The molecule has 5 heteroatoms. The summed E-state index contributed by atoms with van der Waals surface area (Å²) in [6.07, 6.45) is 1.76. The summed E-state index contributed by atoms with van der Waals surface area (Å²) in [5.41, 5.74) is 2.01. The summed E-state index contributed by atoms with van der Waals surface area (Å²) >= 11 is 1.50. The average Bonchev–Trinajstić information content (AvgIpc) is 2.95. The van der Waals surface area contributed by atoms with Crippen LogP contribution in [0.15, 0.2) is 24.3 Å². The summed E-state index contributed by atoms with van der Waals surface area (Å²) in [5.74, 6) is 1.27. The van der Waals surface area contributed by atoms with Crippen LogP contribution in [0, 0.1) is 6.92 Å². The van der Waals surface area contributed by atoms with Gasteiger partial charge >= 0.3 is 0 Å². The first-order chi connectivity index (χ1) is 11.5. The highest BCUT2D eigenvalue weighted by Gasteiger charge is 2.16. The maximum absolute atomic E-state index is 12.3. The van der Waals surface area contributed by atoms with Crippen molar-refractivity contribution in [3.8, 4) is 5.75 Å². The van der Waals surface area contributed by atoms with E-state index in [1.54, 1.807) is 0 Å². The van der Waals surface area contributed by atoms with Gasteiger partial charge in [-0.3, -0.25) is 4.79 Å². The Labute approximate surface area is 148 Å². The SMILES string of the molecule is CCOc1ccccc1CCCNC(=O)c1sc(C(C)C)nc1C. The third-order valence-corrected chi connectivity index (χ3v) is 5.15. The molecule has 1 aromatic heterocycles. The molecule has 24 heavy (non-hydrogen) atoms. The Kier molecular flexibility index (Phi) is 6.79. The zero-order valence-corrected chi connectivity index (χ0v) is 15.7. The second kappa shape index (κ2) is 8.83. The van der Waals surface area contributed by atoms with Gasteiger partial charge in [0, 0.05) is 12.5 Å². The molecular weight excluding hydrogens is 320 g/mol. The van der Waals surface area contributed by atoms with Gasteiger partial charge in [-0.25, -0.2) is 4.98 Å². The third-order valence-electron chi connectivity index (χ3n) is 3.69. The molecule has 0 unspecified atom stereocenters. The normalized spacial score (nSPS) is 10.9. The molecule has 0 bridgehead atoms. The van der Waals surface area contributed by atoms with E-state index in [1.165, 1.54) is 16.9 Å². The van der Waals surface area contributed by atoms with Crippen LogP contribution < -0.4 is 10.1 Å². The topological polar surface area (TPSA) is 51.2 Å². The van der Waals surface area contributed by atoms with E-state index in [9.17, 15) is 4.79 Å². The van der Waals surface area contributed by atoms with Crippen LogP contribution in [0.3, 0.4) is 0 Å². The first-order valence-corrected chi connectivity index (χ1v) is 9.30. The lowest BCUT2D eigenvalue weighted by Gasteiger charge is -2.10. The summed E-state index contributed by atoms with van der Waals surface area (Å²) < 4.78 is 5.63. The minimum Gasteiger partial charge on any atom is -0.494 e. The first-order valence-electron chi connectivity index (χ1n) is 8.49. The molecule has 2 rings (SSSR count). The zero-order chi connectivity index (χ0) is 17.5. The molecule has 0 aliphatic carbocycles. The van der Waals surface area contributed by atoms with E-state index in [2.05, 4.69) is 30.2 Å². The summed E-state index contributed by atoms with van der Waals surface area (Å²) in [4.78, 5) is 17.5. The summed E-state index contributed by atoms with van der Waals surface area (Å²) in [6, 6.07) is 8.07. The first kappa shape index (κ1) is 18.5. The Morgan fingerprint density at radius 3 is 2.75 bits per heavy atom. The lowest BCUT2D eigenvalue weighted by molar-refractivity contribution is 0.0956. The predicted octanol–water partition coefficient (Wildman–Crippen LogP) is 4.34. The third kappa shape index (κ3) is 4.81. The summed E-state index contributed by atoms with van der Waals surface area (Å²) in [6.45, 7) is 9.38. The monoisotopic (exact) mass is 346 g/mol. The molecule has 1 heterocycles. The number of nitrogens with one attached hydrogen (secondary N) is 1. The largest absolute Gasteiger partial charge is 0.494 e. The van der Waals surface area contributed by atoms with Gasteiger partial charge in [-0.2, -0.15) is 0 Å². The molecule has 0 aliphatic heterocycles. The number of benzene rings is 1. The van der Waals surface area contributed by atoms with Crippen molar-refractivity contribution in [2.24, 2.45) is 0 Å². The Hall–Kier alpha value is -1.88. The Morgan fingerprint density at radius 2 is 2.08 bits per heavy atom. The highest BCUT2D eigenvalue weighted by Crippen LogP contribution is 2.24. The van der Waals surface area contributed by atoms with Crippen LogP contribution >= 0.6 is 11.3 Å². The van der Waals surface area contributed by atoms with Gasteiger partial charge in [0.25, 0.3) is 5.91 Å². The zero-order valence-electron chi connectivity index (χ0n) is 14.9. The number of hydrogen-bond donors (Lipinski definition) is 1. The van der Waals surface area contributed by atoms with Crippen LogP contribution in [0.5, 0.6) is 5.75 Å². The summed E-state index contributed by atoms with van der Waals surface area (Å²) in [7, 11) is 0. The molecule has 0 spiro atoms. The number of rotatable bonds is 8. The van der Waals surface area contributed by atoms with Crippen LogP contribution in [0.4, 0.5) is 0 Å². The number of aromatic nitrogens is 1. The van der Waals surface area contributed by atoms with Gasteiger partial charge in [-0.1, -0.05) is 32.0 Å². The smallest absolute Gasteiger partial charge is 0.263 e. The number of carbonyl (C=O) groups is 1. The van der Waals surface area contributed by atoms with Crippen LogP contribution in [0.25, 0.3) is 0 Å². The van der Waals surface area contributed by atoms with Crippen molar-refractivity contribution in [2.75, 3.05) is 13.2 Å². The van der Waals surface area contributed by atoms with Crippen LogP contribution in [-0.2, 0) is 6.42 Å². The standard InChI is InChI=1S/C19H26N2O2S/c1-5-23-16-11-7-6-9-15(16)10-8-12-20-18(22)17-14(4)21-19(24-17)13(2)3/h6-7,9,11,13H,5,8,10,12H2,1-4H3,(H,20,22). The maximum atomic E-state index is 12.3. The second-order valence-electron chi connectivity index (χ2n) is 6.02. The molecule has 0 saturated carbocycles. The van der Waals surface area contributed by atoms with Crippen molar-refractivity contribution >= 4 is 17.2 Å². The minimum atomic E-state index is -0.0185. The number of aryl methyl sites for hydroxylation is 2. The lowest BCUT2D eigenvalue weighted by Crippen LogP contribution is -2.24. The Morgan fingerprint density at radius 1 is 1.33 bits per heavy atom. The molecule has 0 saturated heterocycles. The van der Waals surface area contributed by atoms with E-state index < -0.39 is 0 Å². The average molecular weight is 346 g/mol. The van der Waals surface area contributed by atoms with E-state index in [0.717, 1.165) is 34.2 Å². The molecule has 4 nitrogen and oxygen atoms in total. The number of amides is 1. The fraction of sp³-hybridized carbons (Fsp3) is 0.474. The number of hydrogen-bond acceptors (Lipinski definition) is 4. The molecular formula is C19H26N2O2S. The van der Waals surface area contributed by atoms with Crippen LogP contribution in [0.2, 0.25) is 0 Å². The van der Waals surface area contributed by atoms with Gasteiger partial charge in [0.2, 0.25) is 0 Å². The van der Waals surface area contributed by atoms with Crippen LogP contribution in [0.1, 0.15) is 59.0 Å². The van der Waals surface area contributed by atoms with E-state index >= 15 is 0 Å². The Bertz CT molecular complexity index is 680.